The molecule has 0 spiro atoms. The van der Waals surface area contributed by atoms with Gasteiger partial charge in [-0.05, 0) is 61.7 Å². The molecule has 4 rings (SSSR count). The molecule has 164 valence electrons. The summed E-state index contributed by atoms with van der Waals surface area (Å²) in [5, 5.41) is 2.66. The normalized spacial score (nSPS) is 18.7. The van der Waals surface area contributed by atoms with Crippen molar-refractivity contribution in [2.45, 2.75) is 38.2 Å². The van der Waals surface area contributed by atoms with Gasteiger partial charge in [0.25, 0.3) is 11.8 Å². The van der Waals surface area contributed by atoms with Gasteiger partial charge in [0.2, 0.25) is 0 Å². The Bertz CT molecular complexity index is 992. The first-order valence-electron chi connectivity index (χ1n) is 10.1. The van der Waals surface area contributed by atoms with Crippen molar-refractivity contribution in [1.29, 1.82) is 0 Å². The van der Waals surface area contributed by atoms with Crippen molar-refractivity contribution in [1.82, 2.24) is 4.90 Å². The topological polar surface area (TPSA) is 61.9 Å². The molecule has 2 aromatic carbocycles. The van der Waals surface area contributed by atoms with E-state index in [1.54, 1.807) is 18.2 Å². The summed E-state index contributed by atoms with van der Waals surface area (Å²) in [6.07, 6.45) is -0.803. The summed E-state index contributed by atoms with van der Waals surface area (Å²) in [6.45, 7) is 0.726. The lowest BCUT2D eigenvalue weighted by atomic mass is 10.0. The minimum Gasteiger partial charge on any atom is -0.406 e. The van der Waals surface area contributed by atoms with Gasteiger partial charge in [0.15, 0.2) is 0 Å². The molecule has 6 nitrogen and oxygen atoms in total. The number of anilines is 2. The predicted molar refractivity (Wildman–Crippen MR) is 109 cm³/mol. The molecule has 1 N–H and O–H groups in total. The molecule has 9 heteroatoms. The van der Waals surface area contributed by atoms with E-state index in [1.165, 1.54) is 12.1 Å². The van der Waals surface area contributed by atoms with Crippen molar-refractivity contribution in [3.63, 3.8) is 0 Å². The number of nitrogens with zero attached hydrogens (tertiary/aromatic N) is 2. The van der Waals surface area contributed by atoms with E-state index < -0.39 is 12.3 Å². The first-order valence-corrected chi connectivity index (χ1v) is 10.1. The van der Waals surface area contributed by atoms with E-state index in [0.29, 0.717) is 22.5 Å². The maximum Gasteiger partial charge on any atom is 0.573 e. The van der Waals surface area contributed by atoms with Crippen LogP contribution in [0, 0.1) is 0 Å². The van der Waals surface area contributed by atoms with Crippen LogP contribution in [0.5, 0.6) is 5.75 Å². The van der Waals surface area contributed by atoms with E-state index in [-0.39, 0.29) is 17.8 Å². The van der Waals surface area contributed by atoms with E-state index in [9.17, 15) is 22.8 Å². The molecule has 2 heterocycles. The summed E-state index contributed by atoms with van der Waals surface area (Å²) in [5.41, 5.74) is 1.95. The van der Waals surface area contributed by atoms with Crippen LogP contribution in [0.2, 0.25) is 0 Å². The molecule has 1 atom stereocenters. The standard InChI is InChI=1S/C22H22F3N3O3/c1-27-18-13-14(6-11-17(18)21(30)28-12-4-2-3-5-19(27)28)20(29)26-15-7-9-16(10-8-15)31-22(23,24)25/h6-11,13,19H,2-5,12H2,1H3,(H,26,29). The molecule has 2 amide bonds. The van der Waals surface area contributed by atoms with Gasteiger partial charge >= 0.3 is 6.36 Å². The highest BCUT2D eigenvalue weighted by Gasteiger charge is 2.36. The Morgan fingerprint density at radius 1 is 1.10 bits per heavy atom. The quantitative estimate of drug-likeness (QED) is 0.767. The summed E-state index contributed by atoms with van der Waals surface area (Å²) in [5.74, 6) is -0.809. The third kappa shape index (κ3) is 4.45. The second kappa shape index (κ2) is 8.13. The van der Waals surface area contributed by atoms with Gasteiger partial charge in [-0.3, -0.25) is 9.59 Å². The number of amides is 2. The van der Waals surface area contributed by atoms with Gasteiger partial charge in [-0.1, -0.05) is 6.42 Å². The molecule has 2 aromatic rings. The maximum absolute atomic E-state index is 13.0. The van der Waals surface area contributed by atoms with E-state index >= 15 is 0 Å². The largest absolute Gasteiger partial charge is 0.573 e. The van der Waals surface area contributed by atoms with Gasteiger partial charge < -0.3 is 19.9 Å². The summed E-state index contributed by atoms with van der Waals surface area (Å²) >= 11 is 0. The van der Waals surface area contributed by atoms with Gasteiger partial charge in [-0.25, -0.2) is 0 Å². The number of hydrogen-bond acceptors (Lipinski definition) is 4. The monoisotopic (exact) mass is 433 g/mol. The molecule has 0 radical (unpaired) electrons. The highest BCUT2D eigenvalue weighted by Crippen LogP contribution is 2.34. The van der Waals surface area contributed by atoms with Crippen LogP contribution in [-0.2, 0) is 0 Å². The molecular formula is C22H22F3N3O3. The second-order valence-electron chi connectivity index (χ2n) is 7.70. The van der Waals surface area contributed by atoms with Crippen LogP contribution in [0.3, 0.4) is 0 Å². The van der Waals surface area contributed by atoms with Gasteiger partial charge in [0.05, 0.1) is 11.3 Å². The van der Waals surface area contributed by atoms with Crippen LogP contribution in [0.1, 0.15) is 46.4 Å². The first-order chi connectivity index (χ1) is 14.7. The molecule has 1 unspecified atom stereocenters. The molecule has 2 aliphatic rings. The molecule has 1 fully saturated rings. The summed E-state index contributed by atoms with van der Waals surface area (Å²) < 4.78 is 40.7. The van der Waals surface area contributed by atoms with Crippen LogP contribution in [0.25, 0.3) is 0 Å². The predicted octanol–water partition coefficient (Wildman–Crippen LogP) is 4.63. The van der Waals surface area contributed by atoms with Crippen molar-refractivity contribution in [3.05, 3.63) is 53.6 Å². The Morgan fingerprint density at radius 2 is 1.84 bits per heavy atom. The molecule has 0 bridgehead atoms. The zero-order chi connectivity index (χ0) is 22.2. The van der Waals surface area contributed by atoms with Crippen molar-refractivity contribution in [2.24, 2.45) is 0 Å². The number of carbonyl (C=O) groups is 2. The highest BCUT2D eigenvalue weighted by molar-refractivity contribution is 6.08. The Morgan fingerprint density at radius 3 is 2.55 bits per heavy atom. The number of benzene rings is 2. The second-order valence-corrected chi connectivity index (χ2v) is 7.70. The highest BCUT2D eigenvalue weighted by atomic mass is 19.4. The van der Waals surface area contributed by atoms with Crippen molar-refractivity contribution < 1.29 is 27.5 Å². The molecule has 31 heavy (non-hydrogen) atoms. The number of carbonyl (C=O) groups excluding carboxylic acids is 2. The lowest BCUT2D eigenvalue weighted by Gasteiger charge is -2.43. The number of fused-ring (bicyclic) bond motifs is 2. The lowest BCUT2D eigenvalue weighted by molar-refractivity contribution is -0.274. The maximum atomic E-state index is 13.0. The van der Waals surface area contributed by atoms with E-state index in [4.69, 9.17) is 0 Å². The zero-order valence-electron chi connectivity index (χ0n) is 16.9. The fourth-order valence-corrected chi connectivity index (χ4v) is 4.13. The van der Waals surface area contributed by atoms with Gasteiger partial charge in [-0.2, -0.15) is 0 Å². The number of hydrogen-bond donors (Lipinski definition) is 1. The average molecular weight is 433 g/mol. The minimum absolute atomic E-state index is 0.0211. The number of nitrogens with one attached hydrogen (secondary N) is 1. The number of alkyl halides is 3. The van der Waals surface area contributed by atoms with Crippen molar-refractivity contribution in [2.75, 3.05) is 23.8 Å². The minimum atomic E-state index is -4.77. The fourth-order valence-electron chi connectivity index (χ4n) is 4.13. The van der Waals surface area contributed by atoms with E-state index in [0.717, 1.165) is 44.4 Å². The lowest BCUT2D eigenvalue weighted by Crippen LogP contribution is -2.53. The molecule has 0 saturated carbocycles. The van der Waals surface area contributed by atoms with Crippen molar-refractivity contribution in [3.8, 4) is 5.75 Å². The first kappa shape index (κ1) is 21.0. The fraction of sp³-hybridized carbons (Fsp3) is 0.364. The Balaban J connectivity index is 1.52. The zero-order valence-corrected chi connectivity index (χ0v) is 16.9. The molecular weight excluding hydrogens is 411 g/mol. The average Bonchev–Trinajstić information content (AvgIpc) is 2.98. The Labute approximate surface area is 177 Å². The van der Waals surface area contributed by atoms with E-state index in [1.807, 2.05) is 16.8 Å². The summed E-state index contributed by atoms with van der Waals surface area (Å²) in [4.78, 5) is 29.6. The summed E-state index contributed by atoms with van der Waals surface area (Å²) in [7, 11) is 1.93. The van der Waals surface area contributed by atoms with Crippen LogP contribution >= 0.6 is 0 Å². The number of ether oxygens (including phenoxy) is 1. The van der Waals surface area contributed by atoms with Gasteiger partial charge in [0, 0.05) is 24.8 Å². The summed E-state index contributed by atoms with van der Waals surface area (Å²) in [6, 6.07) is 9.84. The Hall–Kier alpha value is -3.23. The third-order valence-corrected chi connectivity index (χ3v) is 5.65. The van der Waals surface area contributed by atoms with Crippen LogP contribution in [-0.4, -0.2) is 42.8 Å². The van der Waals surface area contributed by atoms with Crippen LogP contribution in [0.15, 0.2) is 42.5 Å². The van der Waals surface area contributed by atoms with Crippen LogP contribution in [0.4, 0.5) is 24.5 Å². The van der Waals surface area contributed by atoms with Crippen LogP contribution < -0.4 is 15.0 Å². The third-order valence-electron chi connectivity index (χ3n) is 5.65. The molecule has 1 saturated heterocycles. The molecule has 2 aliphatic heterocycles. The van der Waals surface area contributed by atoms with Gasteiger partial charge in [-0.15, -0.1) is 13.2 Å². The Kier molecular flexibility index (Phi) is 5.51. The van der Waals surface area contributed by atoms with Crippen molar-refractivity contribution >= 4 is 23.2 Å². The van der Waals surface area contributed by atoms with E-state index in [2.05, 4.69) is 10.1 Å². The number of halogens is 3. The number of rotatable bonds is 3. The smallest absolute Gasteiger partial charge is 0.406 e. The van der Waals surface area contributed by atoms with Gasteiger partial charge in [0.1, 0.15) is 11.9 Å². The SMILES string of the molecule is CN1c2cc(C(=O)Nc3ccc(OC(F)(F)F)cc3)ccc2C(=O)N2CCCCCC21. The molecule has 0 aliphatic carbocycles. The molecule has 0 aromatic heterocycles.